The Kier molecular flexibility index (Phi) is 5.06. The second kappa shape index (κ2) is 6.79. The lowest BCUT2D eigenvalue weighted by Gasteiger charge is -2.32. The van der Waals surface area contributed by atoms with Gasteiger partial charge in [-0.15, -0.1) is 0 Å². The Bertz CT molecular complexity index is 362. The third-order valence-electron chi connectivity index (χ3n) is 4.07. The standard InChI is InChI=1S/C16H26N2/c1-2-14-7-4-10-18(13-14)11-5-8-15-6-3-9-16(17)12-15/h3,6,9,12,14H,2,4-5,7-8,10-11,13,17H2,1H3. The van der Waals surface area contributed by atoms with E-state index in [1.54, 1.807) is 0 Å². The van der Waals surface area contributed by atoms with Gasteiger partial charge in [0.2, 0.25) is 0 Å². The summed E-state index contributed by atoms with van der Waals surface area (Å²) in [5, 5.41) is 0. The molecule has 1 atom stereocenters. The number of hydrogen-bond donors (Lipinski definition) is 1. The molecule has 1 fully saturated rings. The fourth-order valence-electron chi connectivity index (χ4n) is 2.94. The van der Waals surface area contributed by atoms with Crippen LogP contribution in [0.2, 0.25) is 0 Å². The largest absolute Gasteiger partial charge is 0.399 e. The average Bonchev–Trinajstić information content (AvgIpc) is 2.39. The molecular weight excluding hydrogens is 220 g/mol. The minimum Gasteiger partial charge on any atom is -0.399 e. The monoisotopic (exact) mass is 246 g/mol. The number of nitrogen functional groups attached to an aromatic ring is 1. The second-order valence-electron chi connectivity index (χ2n) is 5.57. The van der Waals surface area contributed by atoms with Crippen LogP contribution < -0.4 is 5.73 Å². The summed E-state index contributed by atoms with van der Waals surface area (Å²) < 4.78 is 0. The predicted molar refractivity (Wildman–Crippen MR) is 78.6 cm³/mol. The molecule has 0 aromatic heterocycles. The van der Waals surface area contributed by atoms with Gasteiger partial charge in [-0.05, 0) is 62.4 Å². The Balaban J connectivity index is 1.72. The molecule has 0 spiro atoms. The molecule has 0 bridgehead atoms. The van der Waals surface area contributed by atoms with Gasteiger partial charge in [-0.2, -0.15) is 0 Å². The van der Waals surface area contributed by atoms with Crippen molar-refractivity contribution in [3.05, 3.63) is 29.8 Å². The molecule has 1 aromatic carbocycles. The average molecular weight is 246 g/mol. The third-order valence-corrected chi connectivity index (χ3v) is 4.07. The number of likely N-dealkylation sites (tertiary alicyclic amines) is 1. The maximum Gasteiger partial charge on any atom is 0.0316 e. The number of aryl methyl sites for hydroxylation is 1. The SMILES string of the molecule is CCC1CCCN(CCCc2cccc(N)c2)C1. The summed E-state index contributed by atoms with van der Waals surface area (Å²) in [6.07, 6.45) is 6.56. The number of anilines is 1. The van der Waals surface area contributed by atoms with Gasteiger partial charge in [-0.3, -0.25) is 0 Å². The van der Waals surface area contributed by atoms with Crippen LogP contribution in [-0.2, 0) is 6.42 Å². The van der Waals surface area contributed by atoms with Crippen LogP contribution in [-0.4, -0.2) is 24.5 Å². The van der Waals surface area contributed by atoms with Gasteiger partial charge in [0, 0.05) is 12.2 Å². The fourth-order valence-corrected chi connectivity index (χ4v) is 2.94. The van der Waals surface area contributed by atoms with Gasteiger partial charge >= 0.3 is 0 Å². The van der Waals surface area contributed by atoms with E-state index in [9.17, 15) is 0 Å². The lowest BCUT2D eigenvalue weighted by Crippen LogP contribution is -2.35. The molecule has 0 saturated carbocycles. The highest BCUT2D eigenvalue weighted by Crippen LogP contribution is 2.19. The Labute approximate surface area is 111 Å². The van der Waals surface area contributed by atoms with Gasteiger partial charge in [-0.1, -0.05) is 25.5 Å². The first kappa shape index (κ1) is 13.4. The summed E-state index contributed by atoms with van der Waals surface area (Å²) in [6.45, 7) is 6.17. The Hall–Kier alpha value is -1.02. The zero-order valence-electron chi connectivity index (χ0n) is 11.6. The van der Waals surface area contributed by atoms with Gasteiger partial charge in [0.1, 0.15) is 0 Å². The first-order valence-electron chi connectivity index (χ1n) is 7.34. The number of piperidine rings is 1. The molecule has 0 amide bonds. The zero-order valence-corrected chi connectivity index (χ0v) is 11.6. The molecule has 0 radical (unpaired) electrons. The number of benzene rings is 1. The van der Waals surface area contributed by atoms with E-state index in [1.165, 1.54) is 50.9 Å². The molecule has 2 heteroatoms. The lowest BCUT2D eigenvalue weighted by molar-refractivity contribution is 0.170. The highest BCUT2D eigenvalue weighted by atomic mass is 15.1. The van der Waals surface area contributed by atoms with E-state index in [1.807, 2.05) is 6.07 Å². The van der Waals surface area contributed by atoms with Gasteiger partial charge in [0.15, 0.2) is 0 Å². The smallest absolute Gasteiger partial charge is 0.0316 e. The number of rotatable bonds is 5. The maximum absolute atomic E-state index is 5.80. The maximum atomic E-state index is 5.80. The molecular formula is C16H26N2. The normalized spacial score (nSPS) is 21.1. The molecule has 1 unspecified atom stereocenters. The molecule has 18 heavy (non-hydrogen) atoms. The second-order valence-corrected chi connectivity index (χ2v) is 5.57. The van der Waals surface area contributed by atoms with Crippen LogP contribution in [0, 0.1) is 5.92 Å². The number of hydrogen-bond acceptors (Lipinski definition) is 2. The Morgan fingerprint density at radius 3 is 3.06 bits per heavy atom. The minimum atomic E-state index is 0.886. The first-order chi connectivity index (χ1) is 8.78. The Morgan fingerprint density at radius 1 is 1.39 bits per heavy atom. The molecule has 1 aromatic rings. The van der Waals surface area contributed by atoms with Crippen molar-refractivity contribution in [2.24, 2.45) is 5.92 Å². The summed E-state index contributed by atoms with van der Waals surface area (Å²) in [5.41, 5.74) is 8.06. The van der Waals surface area contributed by atoms with Crippen molar-refractivity contribution in [1.82, 2.24) is 4.90 Å². The van der Waals surface area contributed by atoms with E-state index in [0.717, 1.165) is 18.0 Å². The highest BCUT2D eigenvalue weighted by molar-refractivity contribution is 5.40. The number of nitrogens with two attached hydrogens (primary N) is 1. The van der Waals surface area contributed by atoms with E-state index in [4.69, 9.17) is 5.73 Å². The van der Waals surface area contributed by atoms with E-state index >= 15 is 0 Å². The quantitative estimate of drug-likeness (QED) is 0.808. The molecule has 1 aliphatic rings. The topological polar surface area (TPSA) is 29.3 Å². The van der Waals surface area contributed by atoms with Crippen molar-refractivity contribution >= 4 is 5.69 Å². The van der Waals surface area contributed by atoms with Crippen molar-refractivity contribution in [1.29, 1.82) is 0 Å². The van der Waals surface area contributed by atoms with Gasteiger partial charge in [0.25, 0.3) is 0 Å². The van der Waals surface area contributed by atoms with Crippen molar-refractivity contribution < 1.29 is 0 Å². The molecule has 1 saturated heterocycles. The van der Waals surface area contributed by atoms with Crippen LogP contribution in [0.4, 0.5) is 5.69 Å². The molecule has 2 rings (SSSR count). The Morgan fingerprint density at radius 2 is 2.28 bits per heavy atom. The third kappa shape index (κ3) is 4.02. The van der Waals surface area contributed by atoms with Gasteiger partial charge < -0.3 is 10.6 Å². The van der Waals surface area contributed by atoms with E-state index in [-0.39, 0.29) is 0 Å². The first-order valence-corrected chi connectivity index (χ1v) is 7.34. The summed E-state index contributed by atoms with van der Waals surface area (Å²) in [6, 6.07) is 8.30. The number of nitrogens with zero attached hydrogens (tertiary/aromatic N) is 1. The predicted octanol–water partition coefficient (Wildman–Crippen LogP) is 3.32. The van der Waals surface area contributed by atoms with Crippen LogP contribution >= 0.6 is 0 Å². The molecule has 2 N–H and O–H groups in total. The van der Waals surface area contributed by atoms with E-state index in [0.29, 0.717) is 0 Å². The summed E-state index contributed by atoms with van der Waals surface area (Å²) in [5.74, 6) is 0.936. The highest BCUT2D eigenvalue weighted by Gasteiger charge is 2.17. The molecule has 1 aliphatic heterocycles. The molecule has 0 aliphatic carbocycles. The van der Waals surface area contributed by atoms with Crippen molar-refractivity contribution in [3.8, 4) is 0 Å². The molecule has 100 valence electrons. The molecule has 2 nitrogen and oxygen atoms in total. The van der Waals surface area contributed by atoms with E-state index < -0.39 is 0 Å². The van der Waals surface area contributed by atoms with Crippen LogP contribution in [0.25, 0.3) is 0 Å². The van der Waals surface area contributed by atoms with Crippen molar-refractivity contribution in [2.75, 3.05) is 25.4 Å². The summed E-state index contributed by atoms with van der Waals surface area (Å²) in [7, 11) is 0. The van der Waals surface area contributed by atoms with Crippen LogP contribution in [0.15, 0.2) is 24.3 Å². The zero-order chi connectivity index (χ0) is 12.8. The van der Waals surface area contributed by atoms with Crippen LogP contribution in [0.3, 0.4) is 0 Å². The van der Waals surface area contributed by atoms with Crippen LogP contribution in [0.5, 0.6) is 0 Å². The molecule has 1 heterocycles. The fraction of sp³-hybridized carbons (Fsp3) is 0.625. The summed E-state index contributed by atoms with van der Waals surface area (Å²) >= 11 is 0. The van der Waals surface area contributed by atoms with Gasteiger partial charge in [-0.25, -0.2) is 0 Å². The van der Waals surface area contributed by atoms with Crippen molar-refractivity contribution in [3.63, 3.8) is 0 Å². The van der Waals surface area contributed by atoms with Crippen molar-refractivity contribution in [2.45, 2.75) is 39.0 Å². The minimum absolute atomic E-state index is 0.886. The van der Waals surface area contributed by atoms with Crippen LogP contribution in [0.1, 0.15) is 38.2 Å². The lowest BCUT2D eigenvalue weighted by atomic mass is 9.95. The van der Waals surface area contributed by atoms with E-state index in [2.05, 4.69) is 30.0 Å². The summed E-state index contributed by atoms with van der Waals surface area (Å²) in [4.78, 5) is 2.64. The van der Waals surface area contributed by atoms with Gasteiger partial charge in [0.05, 0.1) is 0 Å².